The second-order valence-electron chi connectivity index (χ2n) is 4.43. The number of nitrogens with two attached hydrogens (primary N) is 1. The molecule has 0 aliphatic rings. The average Bonchev–Trinajstić information content (AvgIpc) is 2.41. The highest BCUT2D eigenvalue weighted by Gasteiger charge is 2.21. The van der Waals surface area contributed by atoms with E-state index in [0.717, 1.165) is 0 Å². The molecule has 0 spiro atoms. The van der Waals surface area contributed by atoms with Crippen LogP contribution in [0.5, 0.6) is 0 Å². The van der Waals surface area contributed by atoms with Crippen molar-refractivity contribution in [3.63, 3.8) is 0 Å². The summed E-state index contributed by atoms with van der Waals surface area (Å²) in [5, 5.41) is 9.55. The lowest BCUT2D eigenvalue weighted by Gasteiger charge is -2.26. The van der Waals surface area contributed by atoms with Crippen LogP contribution in [0.4, 0.5) is 21.5 Å². The van der Waals surface area contributed by atoms with Gasteiger partial charge >= 0.3 is 5.97 Å². The van der Waals surface area contributed by atoms with Crippen molar-refractivity contribution in [3.05, 3.63) is 52.8 Å². The first-order valence-electron chi connectivity index (χ1n) is 6.29. The summed E-state index contributed by atoms with van der Waals surface area (Å²) in [4.78, 5) is 13.1. The highest BCUT2D eigenvalue weighted by atomic mass is 35.5. The lowest BCUT2D eigenvalue weighted by molar-refractivity contribution is 0.0697. The summed E-state index contributed by atoms with van der Waals surface area (Å²) in [6.45, 7) is 2.25. The smallest absolute Gasteiger partial charge is 0.337 e. The zero-order chi connectivity index (χ0) is 15.6. The fraction of sp³-hybridized carbons (Fsp3) is 0.133. The van der Waals surface area contributed by atoms with Crippen LogP contribution < -0.4 is 10.6 Å². The number of hydrogen-bond acceptors (Lipinski definition) is 3. The predicted octanol–water partition coefficient (Wildman–Crippen LogP) is 3.92. The Morgan fingerprint density at radius 3 is 2.67 bits per heavy atom. The lowest BCUT2D eigenvalue weighted by Crippen LogP contribution is -2.20. The molecule has 0 unspecified atom stereocenters. The normalized spacial score (nSPS) is 10.4. The molecule has 0 aliphatic carbocycles. The Morgan fingerprint density at radius 1 is 1.38 bits per heavy atom. The Balaban J connectivity index is 2.65. The molecule has 0 amide bonds. The predicted molar refractivity (Wildman–Crippen MR) is 81.9 cm³/mol. The van der Waals surface area contributed by atoms with E-state index in [-0.39, 0.29) is 16.3 Å². The minimum absolute atomic E-state index is 0.0221. The average molecular weight is 309 g/mol. The third-order valence-corrected chi connectivity index (χ3v) is 3.31. The van der Waals surface area contributed by atoms with Gasteiger partial charge in [0.2, 0.25) is 0 Å². The Kier molecular flexibility index (Phi) is 4.33. The fourth-order valence-corrected chi connectivity index (χ4v) is 2.50. The van der Waals surface area contributed by atoms with Crippen LogP contribution in [0.3, 0.4) is 0 Å². The number of nitrogens with zero attached hydrogens (tertiary/aromatic N) is 1. The van der Waals surface area contributed by atoms with E-state index < -0.39 is 11.8 Å². The molecule has 0 aromatic heterocycles. The summed E-state index contributed by atoms with van der Waals surface area (Å²) in [5.74, 6) is -1.55. The van der Waals surface area contributed by atoms with Crippen LogP contribution in [0.15, 0.2) is 36.4 Å². The summed E-state index contributed by atoms with van der Waals surface area (Å²) in [6, 6.07) is 8.70. The molecule has 2 aromatic rings. The zero-order valence-electron chi connectivity index (χ0n) is 11.3. The molecule has 0 heterocycles. The van der Waals surface area contributed by atoms with Gasteiger partial charge in [0.25, 0.3) is 0 Å². The molecule has 0 fully saturated rings. The van der Waals surface area contributed by atoms with E-state index in [2.05, 4.69) is 0 Å². The highest BCUT2D eigenvalue weighted by Crippen LogP contribution is 2.37. The molecule has 21 heavy (non-hydrogen) atoms. The first kappa shape index (κ1) is 15.1. The van der Waals surface area contributed by atoms with Gasteiger partial charge in [0.1, 0.15) is 5.82 Å². The zero-order valence-corrected chi connectivity index (χ0v) is 12.1. The molecule has 2 rings (SSSR count). The van der Waals surface area contributed by atoms with Crippen LogP contribution in [-0.4, -0.2) is 17.6 Å². The van der Waals surface area contributed by atoms with Gasteiger partial charge in [0, 0.05) is 17.9 Å². The maximum absolute atomic E-state index is 13.4. The first-order valence-corrected chi connectivity index (χ1v) is 6.67. The minimum atomic E-state index is -1.14. The standard InChI is InChI=1S/C15H14ClFN2O2/c1-2-19(11-5-3-4-9(17)6-11)14-12(15(20)21)7-10(18)8-13(14)16/h3-8H,2,18H2,1H3,(H,20,21). The molecular formula is C15H14ClFN2O2. The number of rotatable bonds is 4. The highest BCUT2D eigenvalue weighted by molar-refractivity contribution is 6.34. The second kappa shape index (κ2) is 6.01. The number of carboxylic acids is 1. The third kappa shape index (κ3) is 3.08. The second-order valence-corrected chi connectivity index (χ2v) is 4.84. The Labute approximate surface area is 126 Å². The molecule has 0 radical (unpaired) electrons. The first-order chi connectivity index (χ1) is 9.93. The van der Waals surface area contributed by atoms with E-state index in [0.29, 0.717) is 17.9 Å². The van der Waals surface area contributed by atoms with Crippen LogP contribution in [-0.2, 0) is 0 Å². The van der Waals surface area contributed by atoms with E-state index in [1.807, 2.05) is 6.92 Å². The van der Waals surface area contributed by atoms with Crippen molar-refractivity contribution in [2.45, 2.75) is 6.92 Å². The number of benzene rings is 2. The van der Waals surface area contributed by atoms with Crippen LogP contribution >= 0.6 is 11.6 Å². The monoisotopic (exact) mass is 308 g/mol. The molecule has 4 nitrogen and oxygen atoms in total. The number of hydrogen-bond donors (Lipinski definition) is 2. The van der Waals surface area contributed by atoms with Crippen molar-refractivity contribution in [1.82, 2.24) is 0 Å². The van der Waals surface area contributed by atoms with Crippen LogP contribution in [0.1, 0.15) is 17.3 Å². The number of anilines is 3. The van der Waals surface area contributed by atoms with E-state index in [9.17, 15) is 14.3 Å². The summed E-state index contributed by atoms with van der Waals surface area (Å²) < 4.78 is 13.4. The summed E-state index contributed by atoms with van der Waals surface area (Å²) in [7, 11) is 0. The fourth-order valence-electron chi connectivity index (χ4n) is 2.17. The topological polar surface area (TPSA) is 66.6 Å². The Morgan fingerprint density at radius 2 is 2.10 bits per heavy atom. The van der Waals surface area contributed by atoms with E-state index in [4.69, 9.17) is 17.3 Å². The van der Waals surface area contributed by atoms with E-state index >= 15 is 0 Å². The van der Waals surface area contributed by atoms with Crippen molar-refractivity contribution in [2.75, 3.05) is 17.2 Å². The van der Waals surface area contributed by atoms with Crippen LogP contribution in [0, 0.1) is 5.82 Å². The van der Waals surface area contributed by atoms with Gasteiger partial charge in [-0.05, 0) is 37.3 Å². The molecule has 6 heteroatoms. The van der Waals surface area contributed by atoms with Gasteiger partial charge in [0.15, 0.2) is 0 Å². The number of nitrogen functional groups attached to an aromatic ring is 1. The SMILES string of the molecule is CCN(c1cccc(F)c1)c1c(Cl)cc(N)cc1C(=O)O. The molecule has 110 valence electrons. The van der Waals surface area contributed by atoms with E-state index in [1.165, 1.54) is 24.3 Å². The van der Waals surface area contributed by atoms with Crippen LogP contribution in [0.2, 0.25) is 5.02 Å². The summed E-state index contributed by atoms with van der Waals surface area (Å²) in [6.07, 6.45) is 0. The minimum Gasteiger partial charge on any atom is -0.478 e. The number of carboxylic acid groups (broad SMARTS) is 1. The Hall–Kier alpha value is -2.27. The summed E-state index contributed by atoms with van der Waals surface area (Å²) in [5.41, 5.74) is 6.70. The molecule has 2 aromatic carbocycles. The van der Waals surface area contributed by atoms with Crippen molar-refractivity contribution in [1.29, 1.82) is 0 Å². The molecule has 0 saturated carbocycles. The molecule has 0 aliphatic heterocycles. The van der Waals surface area contributed by atoms with Gasteiger partial charge in [-0.25, -0.2) is 9.18 Å². The number of halogens is 2. The largest absolute Gasteiger partial charge is 0.478 e. The van der Waals surface area contributed by atoms with Gasteiger partial charge in [-0.1, -0.05) is 17.7 Å². The maximum Gasteiger partial charge on any atom is 0.337 e. The lowest BCUT2D eigenvalue weighted by atomic mass is 10.1. The van der Waals surface area contributed by atoms with E-state index in [1.54, 1.807) is 17.0 Å². The molecule has 3 N–H and O–H groups in total. The van der Waals surface area contributed by atoms with Crippen molar-refractivity contribution >= 4 is 34.6 Å². The van der Waals surface area contributed by atoms with Crippen molar-refractivity contribution < 1.29 is 14.3 Å². The molecule has 0 atom stereocenters. The number of aromatic carboxylic acids is 1. The van der Waals surface area contributed by atoms with Crippen molar-refractivity contribution in [2.24, 2.45) is 0 Å². The van der Waals surface area contributed by atoms with Crippen molar-refractivity contribution in [3.8, 4) is 0 Å². The van der Waals surface area contributed by atoms with Gasteiger partial charge in [-0.3, -0.25) is 0 Å². The quantitative estimate of drug-likeness (QED) is 0.840. The third-order valence-electron chi connectivity index (χ3n) is 3.02. The number of carbonyl (C=O) groups is 1. The Bertz CT molecular complexity index is 691. The molecule has 0 bridgehead atoms. The maximum atomic E-state index is 13.4. The van der Waals surface area contributed by atoms with Gasteiger partial charge < -0.3 is 15.7 Å². The van der Waals surface area contributed by atoms with Gasteiger partial charge in [0.05, 0.1) is 16.3 Å². The molecule has 0 saturated heterocycles. The molecular weight excluding hydrogens is 295 g/mol. The van der Waals surface area contributed by atoms with Crippen LogP contribution in [0.25, 0.3) is 0 Å². The van der Waals surface area contributed by atoms with Gasteiger partial charge in [-0.2, -0.15) is 0 Å². The summed E-state index contributed by atoms with van der Waals surface area (Å²) >= 11 is 6.16. The van der Waals surface area contributed by atoms with Gasteiger partial charge in [-0.15, -0.1) is 0 Å².